The number of esters is 1. The maximum atomic E-state index is 12.4. The van der Waals surface area contributed by atoms with Gasteiger partial charge in [-0.15, -0.1) is 0 Å². The van der Waals surface area contributed by atoms with E-state index in [2.05, 4.69) is 20.3 Å². The Bertz CT molecular complexity index is 1020. The van der Waals surface area contributed by atoms with E-state index in [-0.39, 0.29) is 24.3 Å². The Morgan fingerprint density at radius 3 is 2.53 bits per heavy atom. The summed E-state index contributed by atoms with van der Waals surface area (Å²) < 4.78 is 16.0. The van der Waals surface area contributed by atoms with Crippen molar-refractivity contribution in [2.45, 2.75) is 20.5 Å². The van der Waals surface area contributed by atoms with Crippen LogP contribution in [0.1, 0.15) is 28.7 Å². The van der Waals surface area contributed by atoms with Crippen LogP contribution in [0.15, 0.2) is 42.5 Å². The van der Waals surface area contributed by atoms with E-state index in [1.807, 2.05) is 38.1 Å². The first-order valence-electron chi connectivity index (χ1n) is 9.30. The van der Waals surface area contributed by atoms with Crippen LogP contribution >= 0.6 is 0 Å². The molecule has 0 aliphatic carbocycles. The Balaban J connectivity index is 1.68. The third kappa shape index (κ3) is 5.34. The molecule has 3 rings (SSSR count). The number of nitrogens with zero attached hydrogens (tertiary/aromatic N) is 3. The molecule has 3 N–H and O–H groups in total. The fourth-order valence-electron chi connectivity index (χ4n) is 2.61. The number of hydrogen-bond donors (Lipinski definition) is 2. The van der Waals surface area contributed by atoms with Crippen LogP contribution in [0.4, 0.5) is 17.6 Å². The van der Waals surface area contributed by atoms with Gasteiger partial charge in [-0.25, -0.2) is 4.79 Å². The monoisotopic (exact) mass is 409 g/mol. The number of aryl methyl sites for hydroxylation is 1. The Kier molecular flexibility index (Phi) is 6.63. The summed E-state index contributed by atoms with van der Waals surface area (Å²) >= 11 is 0. The third-order valence-electron chi connectivity index (χ3n) is 4.04. The molecule has 0 amide bonds. The third-order valence-corrected chi connectivity index (χ3v) is 4.04. The highest BCUT2D eigenvalue weighted by Crippen LogP contribution is 2.28. The second-order valence-corrected chi connectivity index (χ2v) is 6.30. The minimum absolute atomic E-state index is 0.0217. The molecule has 156 valence electrons. The van der Waals surface area contributed by atoms with Gasteiger partial charge in [0.2, 0.25) is 11.9 Å². The number of methoxy groups -OCH3 is 1. The van der Waals surface area contributed by atoms with Gasteiger partial charge in [-0.1, -0.05) is 17.7 Å². The van der Waals surface area contributed by atoms with Gasteiger partial charge in [0.05, 0.1) is 19.3 Å². The largest absolute Gasteiger partial charge is 0.493 e. The number of nitrogen functional groups attached to an aromatic ring is 1. The Morgan fingerprint density at radius 1 is 1.07 bits per heavy atom. The number of benzene rings is 2. The lowest BCUT2D eigenvalue weighted by molar-refractivity contribution is 0.0461. The van der Waals surface area contributed by atoms with Crippen molar-refractivity contribution < 1.29 is 19.0 Å². The molecule has 0 aliphatic rings. The van der Waals surface area contributed by atoms with Crippen LogP contribution < -0.4 is 20.5 Å². The van der Waals surface area contributed by atoms with Crippen LogP contribution in [0.5, 0.6) is 11.5 Å². The normalized spacial score (nSPS) is 10.4. The lowest BCUT2D eigenvalue weighted by atomic mass is 10.2. The van der Waals surface area contributed by atoms with Gasteiger partial charge in [0.1, 0.15) is 0 Å². The summed E-state index contributed by atoms with van der Waals surface area (Å²) in [6.45, 7) is 4.19. The number of nitrogens with one attached hydrogen (secondary N) is 1. The quantitative estimate of drug-likeness (QED) is 0.540. The van der Waals surface area contributed by atoms with E-state index in [0.717, 1.165) is 11.3 Å². The zero-order chi connectivity index (χ0) is 21.5. The number of nitrogens with two attached hydrogens (primary N) is 1. The van der Waals surface area contributed by atoms with E-state index in [0.29, 0.717) is 23.7 Å². The first kappa shape index (κ1) is 20.8. The van der Waals surface area contributed by atoms with Crippen LogP contribution in [0.2, 0.25) is 0 Å². The molecule has 30 heavy (non-hydrogen) atoms. The summed E-state index contributed by atoms with van der Waals surface area (Å²) in [5.74, 6) is 0.953. The van der Waals surface area contributed by atoms with Crippen molar-refractivity contribution in [3.05, 3.63) is 59.4 Å². The number of anilines is 3. The summed E-state index contributed by atoms with van der Waals surface area (Å²) in [4.78, 5) is 24.7. The minimum Gasteiger partial charge on any atom is -0.493 e. The van der Waals surface area contributed by atoms with E-state index in [9.17, 15) is 4.79 Å². The van der Waals surface area contributed by atoms with Crippen molar-refractivity contribution in [2.75, 3.05) is 24.8 Å². The molecule has 0 atom stereocenters. The number of carbonyl (C=O) groups is 1. The zero-order valence-electron chi connectivity index (χ0n) is 17.0. The fourth-order valence-corrected chi connectivity index (χ4v) is 2.61. The predicted molar refractivity (Wildman–Crippen MR) is 112 cm³/mol. The molecule has 0 fully saturated rings. The maximum absolute atomic E-state index is 12.4. The smallest absolute Gasteiger partial charge is 0.338 e. The lowest BCUT2D eigenvalue weighted by Crippen LogP contribution is -2.11. The van der Waals surface area contributed by atoms with Crippen molar-refractivity contribution in [2.24, 2.45) is 0 Å². The van der Waals surface area contributed by atoms with Crippen LogP contribution in [0.25, 0.3) is 0 Å². The molecule has 1 aromatic heterocycles. The number of carbonyl (C=O) groups excluding carboxylic acids is 1. The van der Waals surface area contributed by atoms with Crippen molar-refractivity contribution >= 4 is 23.6 Å². The predicted octanol–water partition coefficient (Wildman–Crippen LogP) is 3.27. The molecule has 1 heterocycles. The fraction of sp³-hybridized carbons (Fsp3) is 0.238. The van der Waals surface area contributed by atoms with Gasteiger partial charge in [-0.2, -0.15) is 15.0 Å². The molecule has 0 aliphatic heterocycles. The average Bonchev–Trinajstić information content (AvgIpc) is 2.74. The van der Waals surface area contributed by atoms with Gasteiger partial charge < -0.3 is 25.3 Å². The van der Waals surface area contributed by atoms with Crippen LogP contribution in [-0.4, -0.2) is 34.6 Å². The molecule has 0 unspecified atom stereocenters. The van der Waals surface area contributed by atoms with E-state index >= 15 is 0 Å². The number of aromatic nitrogens is 3. The summed E-state index contributed by atoms with van der Waals surface area (Å²) in [5.41, 5.74) is 8.01. The van der Waals surface area contributed by atoms with Crippen LogP contribution in [0.3, 0.4) is 0 Å². The molecule has 2 aromatic carbocycles. The number of ether oxygens (including phenoxy) is 3. The number of rotatable bonds is 8. The summed E-state index contributed by atoms with van der Waals surface area (Å²) in [5, 5.41) is 3.05. The van der Waals surface area contributed by atoms with Crippen LogP contribution in [-0.2, 0) is 11.3 Å². The molecule has 0 saturated carbocycles. The number of hydrogen-bond acceptors (Lipinski definition) is 9. The second-order valence-electron chi connectivity index (χ2n) is 6.30. The summed E-state index contributed by atoms with van der Waals surface area (Å²) in [6.07, 6.45) is 0. The molecule has 9 heteroatoms. The van der Waals surface area contributed by atoms with Gasteiger partial charge >= 0.3 is 5.97 Å². The maximum Gasteiger partial charge on any atom is 0.338 e. The topological polar surface area (TPSA) is 121 Å². The molecule has 3 aromatic rings. The zero-order valence-corrected chi connectivity index (χ0v) is 17.0. The highest BCUT2D eigenvalue weighted by Gasteiger charge is 2.14. The van der Waals surface area contributed by atoms with Gasteiger partial charge in [0.25, 0.3) is 0 Å². The van der Waals surface area contributed by atoms with Gasteiger partial charge in [0.15, 0.2) is 23.9 Å². The first-order chi connectivity index (χ1) is 14.5. The second kappa shape index (κ2) is 9.55. The minimum atomic E-state index is -0.552. The van der Waals surface area contributed by atoms with Gasteiger partial charge in [-0.3, -0.25) is 0 Å². The first-order valence-corrected chi connectivity index (χ1v) is 9.30. The SMILES string of the molecule is CCOc1ccc(C(=O)OCc2nc(N)nc(Nc3ccc(C)cc3)n2)cc1OC. The van der Waals surface area contributed by atoms with E-state index in [1.54, 1.807) is 18.2 Å². The molecular weight excluding hydrogens is 386 g/mol. The summed E-state index contributed by atoms with van der Waals surface area (Å²) in [7, 11) is 1.50. The Hall–Kier alpha value is -3.88. The van der Waals surface area contributed by atoms with Crippen molar-refractivity contribution in [3.8, 4) is 11.5 Å². The van der Waals surface area contributed by atoms with Crippen molar-refractivity contribution in [1.82, 2.24) is 15.0 Å². The molecule has 0 saturated heterocycles. The highest BCUT2D eigenvalue weighted by atomic mass is 16.5. The molecule has 0 bridgehead atoms. The van der Waals surface area contributed by atoms with Crippen molar-refractivity contribution in [1.29, 1.82) is 0 Å². The van der Waals surface area contributed by atoms with Gasteiger partial charge in [-0.05, 0) is 44.2 Å². The highest BCUT2D eigenvalue weighted by molar-refractivity contribution is 5.90. The van der Waals surface area contributed by atoms with Crippen LogP contribution in [0, 0.1) is 6.92 Å². The molecule has 0 radical (unpaired) electrons. The molecular formula is C21H23N5O4. The van der Waals surface area contributed by atoms with Crippen molar-refractivity contribution in [3.63, 3.8) is 0 Å². The van der Waals surface area contributed by atoms with E-state index in [1.165, 1.54) is 7.11 Å². The summed E-state index contributed by atoms with van der Waals surface area (Å²) in [6, 6.07) is 12.5. The Morgan fingerprint density at radius 2 is 1.83 bits per heavy atom. The van der Waals surface area contributed by atoms with Gasteiger partial charge in [0, 0.05) is 5.69 Å². The van der Waals surface area contributed by atoms with E-state index in [4.69, 9.17) is 19.9 Å². The van der Waals surface area contributed by atoms with E-state index < -0.39 is 5.97 Å². The standard InChI is InChI=1S/C21H23N5O4/c1-4-29-16-10-7-14(11-17(16)28-3)19(27)30-12-18-24-20(22)26-21(25-18)23-15-8-5-13(2)6-9-15/h5-11H,4,12H2,1-3H3,(H3,22,23,24,25,26). The average molecular weight is 409 g/mol. The Labute approximate surface area is 174 Å². The lowest BCUT2D eigenvalue weighted by Gasteiger charge is -2.11. The molecule has 0 spiro atoms. The molecule has 9 nitrogen and oxygen atoms in total.